The van der Waals surface area contributed by atoms with Crippen LogP contribution >= 0.6 is 0 Å². The number of nitrogens with one attached hydrogen (secondary N) is 1. The first-order chi connectivity index (χ1) is 17.2. The minimum absolute atomic E-state index is 0.0439. The van der Waals surface area contributed by atoms with Gasteiger partial charge in [-0.15, -0.1) is 0 Å². The highest BCUT2D eigenvalue weighted by atomic mass is 16.7. The molecule has 0 bridgehead atoms. The Morgan fingerprint density at radius 2 is 1.50 bits per heavy atom. The lowest BCUT2D eigenvalue weighted by molar-refractivity contribution is -0.153. The Balaban J connectivity index is 1.33. The third-order valence-corrected chi connectivity index (χ3v) is 7.77. The summed E-state index contributed by atoms with van der Waals surface area (Å²) in [4.78, 5) is 13.4. The number of carbonyl (C=O) groups is 1. The fourth-order valence-electron chi connectivity index (χ4n) is 4.88. The molecule has 2 aliphatic heterocycles. The van der Waals surface area contributed by atoms with Gasteiger partial charge in [-0.1, -0.05) is 73.5 Å². The highest BCUT2D eigenvalue weighted by Gasteiger charge is 2.51. The smallest absolute Gasteiger partial charge is 0.457 e. The van der Waals surface area contributed by atoms with Gasteiger partial charge in [-0.3, -0.25) is 10.1 Å². The van der Waals surface area contributed by atoms with Crippen LogP contribution in [0.15, 0.2) is 60.7 Å². The van der Waals surface area contributed by atoms with Gasteiger partial charge in [0.05, 0.1) is 23.9 Å². The predicted octanol–water partition coefficient (Wildman–Crippen LogP) is 5.31. The van der Waals surface area contributed by atoms with Crippen molar-refractivity contribution in [3.05, 3.63) is 71.8 Å². The van der Waals surface area contributed by atoms with Crippen LogP contribution < -0.4 is 5.32 Å². The van der Waals surface area contributed by atoms with E-state index >= 15 is 0 Å². The maximum atomic E-state index is 13.4. The van der Waals surface area contributed by atoms with Crippen molar-refractivity contribution in [2.75, 3.05) is 6.54 Å². The molecule has 2 fully saturated rings. The Labute approximate surface area is 216 Å². The number of benzene rings is 2. The number of esters is 1. The molecule has 1 N–H and O–H groups in total. The van der Waals surface area contributed by atoms with Gasteiger partial charge in [-0.25, -0.2) is 0 Å². The maximum absolute atomic E-state index is 13.4. The SMILES string of the molecule is CC1(C)OB(CCCCC2(C(=O)OCc3ccccc3)C[C@H](OCc3ccccc3)CN2)OC1(C)C. The summed E-state index contributed by atoms with van der Waals surface area (Å²) in [6.07, 6.45) is 3.81. The summed E-state index contributed by atoms with van der Waals surface area (Å²) in [5.41, 5.74) is 0.722. The first kappa shape index (κ1) is 26.9. The predicted molar refractivity (Wildman–Crippen MR) is 141 cm³/mol. The molecule has 0 aliphatic carbocycles. The van der Waals surface area contributed by atoms with Gasteiger partial charge in [0.15, 0.2) is 0 Å². The van der Waals surface area contributed by atoms with Crippen LogP contribution in [0.2, 0.25) is 6.32 Å². The van der Waals surface area contributed by atoms with E-state index in [1.54, 1.807) is 0 Å². The van der Waals surface area contributed by atoms with E-state index in [0.29, 0.717) is 26.0 Å². The highest BCUT2D eigenvalue weighted by Crippen LogP contribution is 2.38. The molecule has 0 amide bonds. The monoisotopic (exact) mass is 493 g/mol. The quantitative estimate of drug-likeness (QED) is 0.260. The molecule has 2 saturated heterocycles. The molecule has 4 rings (SSSR count). The van der Waals surface area contributed by atoms with Crippen molar-refractivity contribution < 1.29 is 23.6 Å². The Kier molecular flexibility index (Phi) is 8.56. The Morgan fingerprint density at radius 3 is 2.11 bits per heavy atom. The first-order valence-corrected chi connectivity index (χ1v) is 13.2. The summed E-state index contributed by atoms with van der Waals surface area (Å²) in [6.45, 7) is 9.72. The molecule has 2 aliphatic rings. The van der Waals surface area contributed by atoms with Crippen molar-refractivity contribution in [3.8, 4) is 0 Å². The lowest BCUT2D eigenvalue weighted by Crippen LogP contribution is -2.48. The van der Waals surface area contributed by atoms with Crippen LogP contribution in [-0.4, -0.2) is 42.5 Å². The summed E-state index contributed by atoms with van der Waals surface area (Å²) in [5, 5.41) is 3.49. The van der Waals surface area contributed by atoms with Crippen LogP contribution in [0, 0.1) is 0 Å². The van der Waals surface area contributed by atoms with Gasteiger partial charge in [0.2, 0.25) is 0 Å². The standard InChI is InChI=1S/C29H40BNO5/c1-27(2)28(3,4)36-30(35-27)18-12-11-17-29(26(32)34-22-24-15-9-6-10-16-24)19-25(20-31-29)33-21-23-13-7-5-8-14-23/h5-10,13-16,25,31H,11-12,17-22H2,1-4H3/t25-,29?/m0/s1. The number of ether oxygens (including phenoxy) is 2. The van der Waals surface area contributed by atoms with Gasteiger partial charge in [-0.2, -0.15) is 0 Å². The van der Waals surface area contributed by atoms with E-state index in [0.717, 1.165) is 30.3 Å². The molecule has 36 heavy (non-hydrogen) atoms. The molecule has 1 unspecified atom stereocenters. The zero-order chi connectivity index (χ0) is 25.7. The van der Waals surface area contributed by atoms with E-state index in [-0.39, 0.29) is 37.0 Å². The molecule has 0 saturated carbocycles. The summed E-state index contributed by atoms with van der Waals surface area (Å²) in [6, 6.07) is 19.9. The van der Waals surface area contributed by atoms with Gasteiger partial charge >= 0.3 is 13.1 Å². The number of rotatable bonds is 11. The molecule has 194 valence electrons. The lowest BCUT2D eigenvalue weighted by Gasteiger charge is -2.32. The molecule has 2 heterocycles. The summed E-state index contributed by atoms with van der Waals surface area (Å²) in [7, 11) is -0.213. The van der Waals surface area contributed by atoms with Gasteiger partial charge < -0.3 is 18.8 Å². The fraction of sp³-hybridized carbons (Fsp3) is 0.552. The van der Waals surface area contributed by atoms with E-state index in [1.807, 2.05) is 48.5 Å². The van der Waals surface area contributed by atoms with E-state index < -0.39 is 5.54 Å². The van der Waals surface area contributed by atoms with Gasteiger partial charge in [-0.05, 0) is 51.6 Å². The molecule has 6 nitrogen and oxygen atoms in total. The topological polar surface area (TPSA) is 66.0 Å². The molecule has 7 heteroatoms. The average molecular weight is 493 g/mol. The maximum Gasteiger partial charge on any atom is 0.457 e. The number of carbonyl (C=O) groups excluding carboxylic acids is 1. The van der Waals surface area contributed by atoms with Gasteiger partial charge in [0, 0.05) is 13.0 Å². The molecular weight excluding hydrogens is 453 g/mol. The van der Waals surface area contributed by atoms with Crippen LogP contribution in [0.5, 0.6) is 0 Å². The fourth-order valence-corrected chi connectivity index (χ4v) is 4.88. The van der Waals surface area contributed by atoms with Crippen LogP contribution in [-0.2, 0) is 36.8 Å². The van der Waals surface area contributed by atoms with E-state index in [4.69, 9.17) is 18.8 Å². The minimum Gasteiger partial charge on any atom is -0.459 e. The molecule has 2 aromatic carbocycles. The molecule has 2 aromatic rings. The number of hydrogen-bond acceptors (Lipinski definition) is 6. The van der Waals surface area contributed by atoms with Crippen LogP contribution in [0.4, 0.5) is 0 Å². The Bertz CT molecular complexity index is 968. The zero-order valence-electron chi connectivity index (χ0n) is 22.1. The van der Waals surface area contributed by atoms with Gasteiger partial charge in [0.25, 0.3) is 0 Å². The second-order valence-corrected chi connectivity index (χ2v) is 11.1. The van der Waals surface area contributed by atoms with Crippen molar-refractivity contribution in [1.82, 2.24) is 5.32 Å². The number of hydrogen-bond donors (Lipinski definition) is 1. The third-order valence-electron chi connectivity index (χ3n) is 7.77. The van der Waals surface area contributed by atoms with Crippen LogP contribution in [0.3, 0.4) is 0 Å². The van der Waals surface area contributed by atoms with Crippen molar-refractivity contribution in [3.63, 3.8) is 0 Å². The highest BCUT2D eigenvalue weighted by molar-refractivity contribution is 6.45. The third kappa shape index (κ3) is 6.57. The number of unbranched alkanes of at least 4 members (excludes halogenated alkanes) is 1. The normalized spacial score (nSPS) is 24.7. The summed E-state index contributed by atoms with van der Waals surface area (Å²) < 4.78 is 24.3. The molecular formula is C29H40BNO5. The Morgan fingerprint density at radius 1 is 0.917 bits per heavy atom. The van der Waals surface area contributed by atoms with Crippen molar-refractivity contribution in [1.29, 1.82) is 0 Å². The largest absolute Gasteiger partial charge is 0.459 e. The van der Waals surface area contributed by atoms with Crippen LogP contribution in [0.1, 0.15) is 64.5 Å². The summed E-state index contributed by atoms with van der Waals surface area (Å²) in [5.74, 6) is -0.201. The minimum atomic E-state index is -0.744. The van der Waals surface area contributed by atoms with Crippen molar-refractivity contribution in [2.24, 2.45) is 0 Å². The van der Waals surface area contributed by atoms with Crippen molar-refractivity contribution in [2.45, 2.75) is 95.8 Å². The molecule has 0 radical (unpaired) electrons. The average Bonchev–Trinajstić information content (AvgIpc) is 3.37. The molecule has 0 aromatic heterocycles. The second kappa shape index (κ2) is 11.5. The van der Waals surface area contributed by atoms with Gasteiger partial charge in [0.1, 0.15) is 12.1 Å². The Hall–Kier alpha value is -2.19. The first-order valence-electron chi connectivity index (χ1n) is 13.2. The van der Waals surface area contributed by atoms with E-state index in [2.05, 4.69) is 45.1 Å². The second-order valence-electron chi connectivity index (χ2n) is 11.1. The molecule has 2 atom stereocenters. The zero-order valence-corrected chi connectivity index (χ0v) is 22.1. The molecule has 0 spiro atoms. The van der Waals surface area contributed by atoms with Crippen molar-refractivity contribution >= 4 is 13.1 Å². The van der Waals surface area contributed by atoms with E-state index in [9.17, 15) is 4.79 Å². The lowest BCUT2D eigenvalue weighted by atomic mass is 9.80. The van der Waals surface area contributed by atoms with Crippen LogP contribution in [0.25, 0.3) is 0 Å². The summed E-state index contributed by atoms with van der Waals surface area (Å²) >= 11 is 0. The van der Waals surface area contributed by atoms with E-state index in [1.165, 1.54) is 0 Å².